The molecule has 0 saturated heterocycles. The Kier molecular flexibility index (Phi) is 9.66. The molecule has 0 spiro atoms. The van der Waals surface area contributed by atoms with E-state index in [4.69, 9.17) is 16.3 Å². The summed E-state index contributed by atoms with van der Waals surface area (Å²) in [6.45, 7) is 4.87. The highest BCUT2D eigenvalue weighted by Crippen LogP contribution is 2.10. The molecule has 21 heavy (non-hydrogen) atoms. The predicted molar refractivity (Wildman–Crippen MR) is 86.9 cm³/mol. The molecule has 0 aliphatic heterocycles. The number of benzene rings is 1. The van der Waals surface area contributed by atoms with Gasteiger partial charge in [0.2, 0.25) is 0 Å². The molecule has 0 atom stereocenters. The fourth-order valence-corrected chi connectivity index (χ4v) is 2.01. The van der Waals surface area contributed by atoms with E-state index < -0.39 is 0 Å². The first-order chi connectivity index (χ1) is 10.2. The minimum absolute atomic E-state index is 0.134. The standard InChI is InChI=1S/C16H25ClN2O2/c1-2-3-11-21-12-5-9-18-16(20)19-10-8-14-6-4-7-15(17)13-14/h4,6-7,13H,2-3,5,8-12H2,1H3,(H2,18,19,20). The lowest BCUT2D eigenvalue weighted by Crippen LogP contribution is -2.37. The molecule has 5 heteroatoms. The summed E-state index contributed by atoms with van der Waals surface area (Å²) in [4.78, 5) is 11.5. The van der Waals surface area contributed by atoms with Crippen LogP contribution in [0.3, 0.4) is 0 Å². The molecule has 0 saturated carbocycles. The lowest BCUT2D eigenvalue weighted by molar-refractivity contribution is 0.129. The molecule has 0 unspecified atom stereocenters. The van der Waals surface area contributed by atoms with E-state index in [1.54, 1.807) is 0 Å². The molecule has 2 N–H and O–H groups in total. The van der Waals surface area contributed by atoms with Gasteiger partial charge in [-0.2, -0.15) is 0 Å². The van der Waals surface area contributed by atoms with Crippen molar-refractivity contribution in [1.82, 2.24) is 10.6 Å². The van der Waals surface area contributed by atoms with Crippen molar-refractivity contribution in [3.8, 4) is 0 Å². The number of rotatable bonds is 10. The number of ether oxygens (including phenoxy) is 1. The molecule has 0 aliphatic rings. The number of carbonyl (C=O) groups excluding carboxylic acids is 1. The maximum absolute atomic E-state index is 11.5. The molecule has 0 aromatic heterocycles. The minimum Gasteiger partial charge on any atom is -0.381 e. The first kappa shape index (κ1) is 17.8. The van der Waals surface area contributed by atoms with E-state index >= 15 is 0 Å². The maximum atomic E-state index is 11.5. The number of unbranched alkanes of at least 4 members (excludes halogenated alkanes) is 1. The van der Waals surface area contributed by atoms with Gasteiger partial charge in [0.25, 0.3) is 0 Å². The van der Waals surface area contributed by atoms with Gasteiger partial charge >= 0.3 is 6.03 Å². The van der Waals surface area contributed by atoms with Crippen LogP contribution in [-0.4, -0.2) is 32.3 Å². The summed E-state index contributed by atoms with van der Waals surface area (Å²) in [5, 5.41) is 6.37. The van der Waals surface area contributed by atoms with Crippen LogP contribution in [0.25, 0.3) is 0 Å². The molecule has 0 bridgehead atoms. The van der Waals surface area contributed by atoms with Gasteiger partial charge in [-0.1, -0.05) is 37.1 Å². The number of carbonyl (C=O) groups is 1. The van der Waals surface area contributed by atoms with Crippen LogP contribution in [0, 0.1) is 0 Å². The van der Waals surface area contributed by atoms with Gasteiger partial charge in [-0.15, -0.1) is 0 Å². The fourth-order valence-electron chi connectivity index (χ4n) is 1.80. The minimum atomic E-state index is -0.134. The zero-order chi connectivity index (χ0) is 15.3. The van der Waals surface area contributed by atoms with Crippen LogP contribution in [0.4, 0.5) is 4.79 Å². The monoisotopic (exact) mass is 312 g/mol. The van der Waals surface area contributed by atoms with E-state index in [1.165, 1.54) is 0 Å². The molecule has 118 valence electrons. The van der Waals surface area contributed by atoms with Crippen molar-refractivity contribution >= 4 is 17.6 Å². The fraction of sp³-hybridized carbons (Fsp3) is 0.562. The molecule has 4 nitrogen and oxygen atoms in total. The van der Waals surface area contributed by atoms with Crippen LogP contribution in [-0.2, 0) is 11.2 Å². The van der Waals surface area contributed by atoms with Crippen LogP contribution in [0.2, 0.25) is 5.02 Å². The van der Waals surface area contributed by atoms with Crippen LogP contribution < -0.4 is 10.6 Å². The van der Waals surface area contributed by atoms with Gasteiger partial charge in [-0.05, 0) is 37.0 Å². The summed E-state index contributed by atoms with van der Waals surface area (Å²) in [5.41, 5.74) is 1.12. The molecule has 1 aromatic carbocycles. The third-order valence-corrected chi connectivity index (χ3v) is 3.22. The molecule has 0 aliphatic carbocycles. The smallest absolute Gasteiger partial charge is 0.314 e. The Morgan fingerprint density at radius 3 is 2.71 bits per heavy atom. The van der Waals surface area contributed by atoms with Gasteiger partial charge in [0.1, 0.15) is 0 Å². The first-order valence-electron chi connectivity index (χ1n) is 7.56. The Bertz CT molecular complexity index is 413. The number of halogens is 1. The molecule has 1 aromatic rings. The quantitative estimate of drug-likeness (QED) is 0.651. The van der Waals surface area contributed by atoms with Gasteiger partial charge in [0, 0.05) is 31.3 Å². The van der Waals surface area contributed by atoms with E-state index in [2.05, 4.69) is 17.6 Å². The highest BCUT2D eigenvalue weighted by Gasteiger charge is 2.00. The first-order valence-corrected chi connectivity index (χ1v) is 7.94. The maximum Gasteiger partial charge on any atom is 0.314 e. The third kappa shape index (κ3) is 9.32. The zero-order valence-electron chi connectivity index (χ0n) is 12.7. The second-order valence-corrected chi connectivity index (χ2v) is 5.32. The van der Waals surface area contributed by atoms with Crippen molar-refractivity contribution in [2.45, 2.75) is 32.6 Å². The molecular weight excluding hydrogens is 288 g/mol. The topological polar surface area (TPSA) is 50.4 Å². The molecule has 0 fully saturated rings. The van der Waals surface area contributed by atoms with Gasteiger partial charge in [0.15, 0.2) is 0 Å². The number of amides is 2. The van der Waals surface area contributed by atoms with Gasteiger partial charge in [0.05, 0.1) is 0 Å². The molecule has 0 heterocycles. The molecule has 0 radical (unpaired) electrons. The van der Waals surface area contributed by atoms with Crippen LogP contribution in [0.1, 0.15) is 31.7 Å². The Labute approximate surface area is 132 Å². The van der Waals surface area contributed by atoms with Crippen molar-refractivity contribution in [2.75, 3.05) is 26.3 Å². The summed E-state index contributed by atoms with van der Waals surface area (Å²) >= 11 is 5.90. The molecule has 2 amide bonds. The van der Waals surface area contributed by atoms with Crippen LogP contribution in [0.15, 0.2) is 24.3 Å². The SMILES string of the molecule is CCCCOCCCNC(=O)NCCc1cccc(Cl)c1. The Morgan fingerprint density at radius 1 is 1.19 bits per heavy atom. The summed E-state index contributed by atoms with van der Waals surface area (Å²) in [6, 6.07) is 7.53. The second kappa shape index (κ2) is 11.4. The van der Waals surface area contributed by atoms with Gasteiger partial charge in [-0.25, -0.2) is 4.79 Å². The summed E-state index contributed by atoms with van der Waals surface area (Å²) in [6.07, 6.45) is 3.85. The summed E-state index contributed by atoms with van der Waals surface area (Å²) in [5.74, 6) is 0. The number of hydrogen-bond donors (Lipinski definition) is 2. The molecular formula is C16H25ClN2O2. The largest absolute Gasteiger partial charge is 0.381 e. The highest BCUT2D eigenvalue weighted by atomic mass is 35.5. The number of urea groups is 1. The van der Waals surface area contributed by atoms with E-state index in [0.29, 0.717) is 19.7 Å². The average molecular weight is 313 g/mol. The average Bonchev–Trinajstić information content (AvgIpc) is 2.46. The van der Waals surface area contributed by atoms with Crippen molar-refractivity contribution in [3.05, 3.63) is 34.9 Å². The van der Waals surface area contributed by atoms with E-state index in [-0.39, 0.29) is 6.03 Å². The Hall–Kier alpha value is -1.26. The zero-order valence-corrected chi connectivity index (χ0v) is 13.4. The highest BCUT2D eigenvalue weighted by molar-refractivity contribution is 6.30. The Balaban J connectivity index is 1.99. The van der Waals surface area contributed by atoms with Crippen LogP contribution in [0.5, 0.6) is 0 Å². The number of hydrogen-bond acceptors (Lipinski definition) is 2. The Morgan fingerprint density at radius 2 is 1.95 bits per heavy atom. The summed E-state index contributed by atoms with van der Waals surface area (Å²) < 4.78 is 5.42. The third-order valence-electron chi connectivity index (χ3n) is 2.98. The normalized spacial score (nSPS) is 10.4. The van der Waals surface area contributed by atoms with Crippen molar-refractivity contribution in [2.24, 2.45) is 0 Å². The lowest BCUT2D eigenvalue weighted by Gasteiger charge is -2.08. The molecule has 1 rings (SSSR count). The predicted octanol–water partition coefficient (Wildman–Crippen LogP) is 3.39. The van der Waals surface area contributed by atoms with Gasteiger partial charge < -0.3 is 15.4 Å². The lowest BCUT2D eigenvalue weighted by atomic mass is 10.1. The van der Waals surface area contributed by atoms with Crippen molar-refractivity contribution in [3.63, 3.8) is 0 Å². The van der Waals surface area contributed by atoms with E-state index in [9.17, 15) is 4.79 Å². The van der Waals surface area contributed by atoms with E-state index in [0.717, 1.165) is 42.9 Å². The van der Waals surface area contributed by atoms with E-state index in [1.807, 2.05) is 24.3 Å². The second-order valence-electron chi connectivity index (χ2n) is 4.88. The number of nitrogens with one attached hydrogen (secondary N) is 2. The van der Waals surface area contributed by atoms with Crippen LogP contribution >= 0.6 is 11.6 Å². The van der Waals surface area contributed by atoms with Gasteiger partial charge in [-0.3, -0.25) is 0 Å². The van der Waals surface area contributed by atoms with Crippen molar-refractivity contribution < 1.29 is 9.53 Å². The van der Waals surface area contributed by atoms with Crippen molar-refractivity contribution in [1.29, 1.82) is 0 Å². The summed E-state index contributed by atoms with van der Waals surface area (Å²) in [7, 11) is 0.